The third-order valence-electron chi connectivity index (χ3n) is 5.88. The van der Waals surface area contributed by atoms with Crippen LogP contribution < -0.4 is 5.32 Å². The van der Waals surface area contributed by atoms with E-state index in [4.69, 9.17) is 9.15 Å². The molecule has 170 valence electrons. The molecule has 0 saturated heterocycles. The van der Waals surface area contributed by atoms with Crippen molar-refractivity contribution >= 4 is 12.1 Å². The van der Waals surface area contributed by atoms with Crippen LogP contribution in [0.15, 0.2) is 83.3 Å². The van der Waals surface area contributed by atoms with Crippen LogP contribution in [-0.2, 0) is 17.7 Å². The van der Waals surface area contributed by atoms with Crippen LogP contribution >= 0.6 is 0 Å². The van der Waals surface area contributed by atoms with Crippen LogP contribution in [-0.4, -0.2) is 28.8 Å². The number of benzene rings is 3. The topological polar surface area (TPSA) is 102 Å². The summed E-state index contributed by atoms with van der Waals surface area (Å²) in [5.41, 5.74) is 5.30. The second-order valence-corrected chi connectivity index (χ2v) is 8.03. The molecule has 3 aromatic carbocycles. The minimum absolute atomic E-state index is 0.0454. The molecule has 0 spiro atoms. The molecule has 1 aromatic heterocycles. The maximum absolute atomic E-state index is 12.4. The molecule has 34 heavy (non-hydrogen) atoms. The Hall–Kier alpha value is -4.39. The van der Waals surface area contributed by atoms with Crippen molar-refractivity contribution in [2.45, 2.75) is 18.9 Å². The van der Waals surface area contributed by atoms with Crippen molar-refractivity contribution in [2.75, 3.05) is 6.61 Å². The van der Waals surface area contributed by atoms with Gasteiger partial charge in [0.15, 0.2) is 5.69 Å². The molecule has 0 aliphatic heterocycles. The number of carboxylic acids is 1. The van der Waals surface area contributed by atoms with E-state index < -0.39 is 12.1 Å². The highest BCUT2D eigenvalue weighted by atomic mass is 16.5. The molecule has 0 fully saturated rings. The number of aromatic carboxylic acids is 1. The number of hydrogen-bond acceptors (Lipinski definition) is 5. The van der Waals surface area contributed by atoms with Gasteiger partial charge in [-0.15, -0.1) is 0 Å². The fraction of sp³-hybridized carbons (Fsp3) is 0.148. The van der Waals surface area contributed by atoms with Crippen LogP contribution in [0.2, 0.25) is 0 Å². The molecule has 0 unspecified atom stereocenters. The van der Waals surface area contributed by atoms with E-state index in [9.17, 15) is 14.7 Å². The highest BCUT2D eigenvalue weighted by Gasteiger charge is 2.29. The average molecular weight is 454 g/mol. The van der Waals surface area contributed by atoms with Gasteiger partial charge < -0.3 is 19.6 Å². The fourth-order valence-electron chi connectivity index (χ4n) is 4.34. The Balaban J connectivity index is 1.23. The second-order valence-electron chi connectivity index (χ2n) is 8.03. The first kappa shape index (κ1) is 21.5. The summed E-state index contributed by atoms with van der Waals surface area (Å²) in [6.45, 7) is 0.108. The smallest absolute Gasteiger partial charge is 0.407 e. The highest BCUT2D eigenvalue weighted by molar-refractivity contribution is 5.86. The third kappa shape index (κ3) is 4.28. The highest BCUT2D eigenvalue weighted by Crippen LogP contribution is 2.44. The van der Waals surface area contributed by atoms with Crippen LogP contribution in [0.25, 0.3) is 11.1 Å². The quantitative estimate of drug-likeness (QED) is 0.407. The van der Waals surface area contributed by atoms with Gasteiger partial charge in [-0.2, -0.15) is 0 Å². The summed E-state index contributed by atoms with van der Waals surface area (Å²) in [6.07, 6.45) is -0.331. The lowest BCUT2D eigenvalue weighted by molar-refractivity contribution is 0.0689. The Morgan fingerprint density at radius 1 is 0.912 bits per heavy atom. The van der Waals surface area contributed by atoms with Gasteiger partial charge in [0.05, 0.1) is 6.54 Å². The van der Waals surface area contributed by atoms with Crippen molar-refractivity contribution in [3.8, 4) is 11.1 Å². The number of ether oxygens (including phenoxy) is 1. The van der Waals surface area contributed by atoms with Crippen molar-refractivity contribution in [2.24, 2.45) is 0 Å². The van der Waals surface area contributed by atoms with Gasteiger partial charge in [-0.25, -0.2) is 14.6 Å². The summed E-state index contributed by atoms with van der Waals surface area (Å²) in [5.74, 6) is -0.877. The molecule has 7 heteroatoms. The Kier molecular flexibility index (Phi) is 5.82. The number of oxazole rings is 1. The van der Waals surface area contributed by atoms with E-state index in [-0.39, 0.29) is 36.4 Å². The molecule has 4 aromatic rings. The maximum Gasteiger partial charge on any atom is 0.407 e. The molecule has 1 aliphatic rings. The minimum atomic E-state index is -1.18. The van der Waals surface area contributed by atoms with E-state index in [0.29, 0.717) is 6.42 Å². The number of nitrogens with zero attached hydrogens (tertiary/aromatic N) is 1. The number of alkyl carbamates (subject to hydrolysis) is 1. The predicted molar refractivity (Wildman–Crippen MR) is 125 cm³/mol. The molecule has 2 N–H and O–H groups in total. The van der Waals surface area contributed by atoms with Crippen molar-refractivity contribution < 1.29 is 23.8 Å². The standard InChI is InChI=1S/C27H22N2O5/c30-26(31)25-23(14-17-8-2-1-3-9-17)34-24(29-25)15-28-27(32)33-16-22-20-12-6-4-10-18(20)19-11-5-7-13-21(19)22/h1-13,22H,14-16H2,(H,28,32)(H,30,31). The molecule has 0 bridgehead atoms. The third-order valence-corrected chi connectivity index (χ3v) is 5.88. The lowest BCUT2D eigenvalue weighted by Gasteiger charge is -2.14. The molecule has 1 heterocycles. The van der Waals surface area contributed by atoms with E-state index in [1.807, 2.05) is 54.6 Å². The van der Waals surface area contributed by atoms with E-state index in [1.54, 1.807) is 0 Å². The minimum Gasteiger partial charge on any atom is -0.476 e. The number of carboxylic acid groups (broad SMARTS) is 1. The molecule has 5 rings (SSSR count). The lowest BCUT2D eigenvalue weighted by Crippen LogP contribution is -2.25. The normalized spacial score (nSPS) is 12.1. The molecular formula is C27H22N2O5. The van der Waals surface area contributed by atoms with Crippen LogP contribution in [0.5, 0.6) is 0 Å². The van der Waals surface area contributed by atoms with Gasteiger partial charge in [0.2, 0.25) is 5.89 Å². The zero-order valence-corrected chi connectivity index (χ0v) is 18.2. The summed E-state index contributed by atoms with van der Waals surface area (Å²) >= 11 is 0. The van der Waals surface area contributed by atoms with Gasteiger partial charge in [0, 0.05) is 12.3 Å². The molecule has 1 aliphatic carbocycles. The number of carbonyl (C=O) groups excluding carboxylic acids is 1. The Morgan fingerprint density at radius 2 is 1.53 bits per heavy atom. The number of amides is 1. The van der Waals surface area contributed by atoms with Crippen LogP contribution in [0.4, 0.5) is 4.79 Å². The van der Waals surface area contributed by atoms with E-state index >= 15 is 0 Å². The first-order valence-corrected chi connectivity index (χ1v) is 10.9. The maximum atomic E-state index is 12.4. The molecular weight excluding hydrogens is 432 g/mol. The van der Waals surface area contributed by atoms with Crippen molar-refractivity contribution in [1.29, 1.82) is 0 Å². The number of rotatable bonds is 7. The van der Waals surface area contributed by atoms with Gasteiger partial charge in [0.1, 0.15) is 12.4 Å². The molecule has 0 atom stereocenters. The van der Waals surface area contributed by atoms with Gasteiger partial charge in [0.25, 0.3) is 0 Å². The summed E-state index contributed by atoms with van der Waals surface area (Å²) in [7, 11) is 0. The van der Waals surface area contributed by atoms with Crippen LogP contribution in [0.3, 0.4) is 0 Å². The monoisotopic (exact) mass is 454 g/mol. The number of nitrogens with one attached hydrogen (secondary N) is 1. The molecule has 0 saturated carbocycles. The SMILES string of the molecule is O=C(NCc1nc(C(=O)O)c(Cc2ccccc2)o1)OCC1c2ccccc2-c2ccccc21. The van der Waals surface area contributed by atoms with Gasteiger partial charge in [-0.05, 0) is 27.8 Å². The van der Waals surface area contributed by atoms with E-state index in [0.717, 1.165) is 27.8 Å². The summed E-state index contributed by atoms with van der Waals surface area (Å²) < 4.78 is 11.1. The van der Waals surface area contributed by atoms with Gasteiger partial charge >= 0.3 is 12.1 Å². The zero-order valence-electron chi connectivity index (χ0n) is 18.2. The summed E-state index contributed by atoms with van der Waals surface area (Å²) in [6, 6.07) is 25.6. The van der Waals surface area contributed by atoms with Crippen LogP contribution in [0, 0.1) is 0 Å². The van der Waals surface area contributed by atoms with Crippen molar-refractivity contribution in [1.82, 2.24) is 10.3 Å². The van der Waals surface area contributed by atoms with E-state index in [1.165, 1.54) is 0 Å². The number of fused-ring (bicyclic) bond motifs is 3. The zero-order chi connectivity index (χ0) is 23.5. The molecule has 7 nitrogen and oxygen atoms in total. The number of carbonyl (C=O) groups is 2. The molecule has 0 radical (unpaired) electrons. The first-order chi connectivity index (χ1) is 16.6. The fourth-order valence-corrected chi connectivity index (χ4v) is 4.34. The van der Waals surface area contributed by atoms with Crippen molar-refractivity contribution in [3.63, 3.8) is 0 Å². The Bertz CT molecular complexity index is 1300. The van der Waals surface area contributed by atoms with Gasteiger partial charge in [-0.3, -0.25) is 0 Å². The second kappa shape index (κ2) is 9.23. The largest absolute Gasteiger partial charge is 0.476 e. The number of hydrogen-bond donors (Lipinski definition) is 2. The molecule has 1 amide bonds. The lowest BCUT2D eigenvalue weighted by atomic mass is 9.98. The summed E-state index contributed by atoms with van der Waals surface area (Å²) in [5, 5.41) is 12.1. The van der Waals surface area contributed by atoms with Crippen LogP contribution in [0.1, 0.15) is 44.7 Å². The Morgan fingerprint density at radius 3 is 2.18 bits per heavy atom. The number of aromatic nitrogens is 1. The Labute approximate surface area is 196 Å². The predicted octanol–water partition coefficient (Wildman–Crippen LogP) is 5.00. The van der Waals surface area contributed by atoms with E-state index in [2.05, 4.69) is 34.6 Å². The summed E-state index contributed by atoms with van der Waals surface area (Å²) in [4.78, 5) is 28.0. The van der Waals surface area contributed by atoms with Gasteiger partial charge in [-0.1, -0.05) is 78.9 Å². The first-order valence-electron chi connectivity index (χ1n) is 10.9. The van der Waals surface area contributed by atoms with Crippen molar-refractivity contribution in [3.05, 3.63) is 113 Å². The average Bonchev–Trinajstić information content (AvgIpc) is 3.41.